The largest absolute Gasteiger partial charge is 0.489 e. The number of carbonyl (C=O) groups is 1. The fraction of sp³-hybridized carbons (Fsp3) is 0.0385. The number of halogens is 2. The lowest BCUT2D eigenvalue weighted by Gasteiger charge is -2.08. The van der Waals surface area contributed by atoms with Crippen molar-refractivity contribution in [3.63, 3.8) is 0 Å². The Balaban J connectivity index is 1.52. The molecule has 0 saturated carbocycles. The summed E-state index contributed by atoms with van der Waals surface area (Å²) in [7, 11) is 0. The standard InChI is InChI=1S/C26H17Br2N3O3/c27-18-10-17(11-19(28)12-18)21-22-25(29-14-30-26(22)33)31-23(21)24(32)16-6-8-20(9-7-16)34-13-15-4-2-1-3-5-15/h1-12,14H,13H2,(H2,29,30,31,33). The molecule has 2 aromatic heterocycles. The van der Waals surface area contributed by atoms with Gasteiger partial charge in [-0.15, -0.1) is 0 Å². The van der Waals surface area contributed by atoms with E-state index in [1.54, 1.807) is 24.3 Å². The maximum absolute atomic E-state index is 13.6. The first-order valence-electron chi connectivity index (χ1n) is 10.4. The zero-order valence-electron chi connectivity index (χ0n) is 17.6. The Morgan fingerprint density at radius 1 is 0.941 bits per heavy atom. The molecule has 0 aliphatic rings. The average molecular weight is 579 g/mol. The quantitative estimate of drug-likeness (QED) is 0.233. The van der Waals surface area contributed by atoms with Gasteiger partial charge in [-0.25, -0.2) is 0 Å². The Morgan fingerprint density at radius 2 is 1.65 bits per heavy atom. The molecule has 34 heavy (non-hydrogen) atoms. The van der Waals surface area contributed by atoms with Crippen molar-refractivity contribution in [1.82, 2.24) is 15.0 Å². The van der Waals surface area contributed by atoms with E-state index in [0.717, 1.165) is 14.5 Å². The number of hydrogen-bond acceptors (Lipinski definition) is 4. The third kappa shape index (κ3) is 4.47. The maximum atomic E-state index is 13.6. The third-order valence-corrected chi connectivity index (χ3v) is 6.26. The summed E-state index contributed by atoms with van der Waals surface area (Å²) in [6, 6.07) is 22.4. The van der Waals surface area contributed by atoms with Crippen LogP contribution in [-0.4, -0.2) is 20.7 Å². The maximum Gasteiger partial charge on any atom is 0.282 e. The Bertz CT molecular complexity index is 1540. The van der Waals surface area contributed by atoms with Gasteiger partial charge in [0, 0.05) is 20.1 Å². The predicted molar refractivity (Wildman–Crippen MR) is 138 cm³/mol. The minimum Gasteiger partial charge on any atom is -0.489 e. The van der Waals surface area contributed by atoms with Gasteiger partial charge in [-0.2, -0.15) is 4.98 Å². The molecule has 0 bridgehead atoms. The van der Waals surface area contributed by atoms with Gasteiger partial charge in [-0.05, 0) is 53.6 Å². The first kappa shape index (κ1) is 22.3. The number of aromatic nitrogens is 3. The lowest BCUT2D eigenvalue weighted by molar-refractivity contribution is 0.103. The van der Waals surface area contributed by atoms with Crippen molar-refractivity contribution in [2.45, 2.75) is 6.61 Å². The topological polar surface area (TPSA) is 87.8 Å². The highest BCUT2D eigenvalue weighted by Gasteiger charge is 2.23. The van der Waals surface area contributed by atoms with E-state index in [-0.39, 0.29) is 5.78 Å². The lowest BCUT2D eigenvalue weighted by Crippen LogP contribution is -2.07. The molecule has 0 spiro atoms. The second-order valence-corrected chi connectivity index (χ2v) is 9.45. The van der Waals surface area contributed by atoms with Gasteiger partial charge in [-0.3, -0.25) is 9.59 Å². The summed E-state index contributed by atoms with van der Waals surface area (Å²) in [6.45, 7) is 0.438. The molecule has 0 unspecified atom stereocenters. The number of benzene rings is 3. The minimum absolute atomic E-state index is 0.246. The smallest absolute Gasteiger partial charge is 0.282 e. The number of fused-ring (bicyclic) bond motifs is 1. The summed E-state index contributed by atoms with van der Waals surface area (Å²) in [5.41, 5.74) is 3.06. The van der Waals surface area contributed by atoms with Crippen LogP contribution < -0.4 is 10.3 Å². The minimum atomic E-state index is -0.417. The Hall–Kier alpha value is -3.49. The molecule has 0 atom stereocenters. The van der Waals surface area contributed by atoms with Gasteiger partial charge >= 0.3 is 0 Å². The molecule has 0 aliphatic carbocycles. The molecule has 5 aromatic rings. The van der Waals surface area contributed by atoms with Crippen LogP contribution >= 0.6 is 31.9 Å². The van der Waals surface area contributed by atoms with Gasteiger partial charge < -0.3 is 14.7 Å². The zero-order chi connectivity index (χ0) is 23.7. The number of hydrogen-bond donors (Lipinski definition) is 2. The number of ether oxygens (including phenoxy) is 1. The Kier molecular flexibility index (Phi) is 6.17. The van der Waals surface area contributed by atoms with Gasteiger partial charge in [0.05, 0.1) is 17.4 Å². The van der Waals surface area contributed by atoms with Gasteiger partial charge in [-0.1, -0.05) is 62.2 Å². The number of nitrogens with zero attached hydrogens (tertiary/aromatic N) is 1. The van der Waals surface area contributed by atoms with Crippen molar-refractivity contribution < 1.29 is 9.53 Å². The lowest BCUT2D eigenvalue weighted by atomic mass is 9.98. The number of ketones is 1. The Labute approximate surface area is 211 Å². The number of carbonyl (C=O) groups excluding carboxylic acids is 1. The molecule has 0 saturated heterocycles. The van der Waals surface area contributed by atoms with Crippen LogP contribution in [0, 0.1) is 0 Å². The van der Waals surface area contributed by atoms with E-state index in [0.29, 0.717) is 45.8 Å². The van der Waals surface area contributed by atoms with Crippen molar-refractivity contribution >= 4 is 48.7 Å². The fourth-order valence-corrected chi connectivity index (χ4v) is 5.08. The zero-order valence-corrected chi connectivity index (χ0v) is 20.8. The van der Waals surface area contributed by atoms with Crippen LogP contribution in [0.5, 0.6) is 5.75 Å². The van der Waals surface area contributed by atoms with Crippen LogP contribution in [0.3, 0.4) is 0 Å². The molecular weight excluding hydrogens is 562 g/mol. The molecule has 168 valence electrons. The van der Waals surface area contributed by atoms with Gasteiger partial charge in [0.25, 0.3) is 5.56 Å². The van der Waals surface area contributed by atoms with Crippen LogP contribution in [0.25, 0.3) is 22.2 Å². The van der Waals surface area contributed by atoms with E-state index in [1.165, 1.54) is 6.33 Å². The fourth-order valence-electron chi connectivity index (χ4n) is 3.79. The van der Waals surface area contributed by atoms with E-state index in [2.05, 4.69) is 46.8 Å². The molecule has 0 radical (unpaired) electrons. The molecule has 0 aliphatic heterocycles. The SMILES string of the molecule is O=C(c1ccc(OCc2ccccc2)cc1)c1[nH]c2[nH]cnc(=O)c2c1-c1cc(Br)cc(Br)c1. The first-order valence-corrected chi connectivity index (χ1v) is 12.0. The van der Waals surface area contributed by atoms with Gasteiger partial charge in [0.1, 0.15) is 18.0 Å². The summed E-state index contributed by atoms with van der Waals surface area (Å²) >= 11 is 6.97. The number of aromatic amines is 2. The second-order valence-electron chi connectivity index (χ2n) is 7.62. The molecule has 5 rings (SSSR count). The molecule has 8 heteroatoms. The summed E-state index contributed by atoms with van der Waals surface area (Å²) in [5, 5.41) is 0.332. The first-order chi connectivity index (χ1) is 16.5. The monoisotopic (exact) mass is 577 g/mol. The molecule has 0 fully saturated rings. The van der Waals surface area contributed by atoms with E-state index >= 15 is 0 Å². The van der Waals surface area contributed by atoms with E-state index in [4.69, 9.17) is 4.74 Å². The normalized spacial score (nSPS) is 11.0. The summed E-state index contributed by atoms with van der Waals surface area (Å²) < 4.78 is 7.45. The van der Waals surface area contributed by atoms with Crippen molar-refractivity contribution in [3.05, 3.63) is 115 Å². The molecular formula is C26H17Br2N3O3. The van der Waals surface area contributed by atoms with E-state index < -0.39 is 5.56 Å². The van der Waals surface area contributed by atoms with E-state index in [9.17, 15) is 9.59 Å². The molecule has 2 N–H and O–H groups in total. The highest BCUT2D eigenvalue weighted by Crippen LogP contribution is 2.35. The predicted octanol–water partition coefficient (Wildman–Crippen LogP) is 6.25. The average Bonchev–Trinajstić information content (AvgIpc) is 3.24. The van der Waals surface area contributed by atoms with Crippen LogP contribution in [0.4, 0.5) is 0 Å². The van der Waals surface area contributed by atoms with Gasteiger partial charge in [0.2, 0.25) is 5.78 Å². The van der Waals surface area contributed by atoms with Crippen LogP contribution in [0.2, 0.25) is 0 Å². The number of H-pyrrole nitrogens is 2. The van der Waals surface area contributed by atoms with Crippen LogP contribution in [-0.2, 0) is 6.61 Å². The highest BCUT2D eigenvalue weighted by molar-refractivity contribution is 9.11. The molecule has 6 nitrogen and oxygen atoms in total. The van der Waals surface area contributed by atoms with Crippen molar-refractivity contribution in [2.75, 3.05) is 0 Å². The van der Waals surface area contributed by atoms with Gasteiger partial charge in [0.15, 0.2) is 0 Å². The summed E-state index contributed by atoms with van der Waals surface area (Å²) in [6.07, 6.45) is 1.31. The molecule has 0 amide bonds. The highest BCUT2D eigenvalue weighted by atomic mass is 79.9. The molecule has 3 aromatic carbocycles. The van der Waals surface area contributed by atoms with Crippen molar-refractivity contribution in [2.24, 2.45) is 0 Å². The molecule has 2 heterocycles. The summed E-state index contributed by atoms with van der Waals surface area (Å²) in [4.78, 5) is 36.1. The number of nitrogens with one attached hydrogen (secondary N) is 2. The van der Waals surface area contributed by atoms with Crippen LogP contribution in [0.15, 0.2) is 92.9 Å². The van der Waals surface area contributed by atoms with E-state index in [1.807, 2.05) is 48.5 Å². The second kappa shape index (κ2) is 9.40. The Morgan fingerprint density at radius 3 is 2.35 bits per heavy atom. The van der Waals surface area contributed by atoms with Crippen LogP contribution in [0.1, 0.15) is 21.6 Å². The van der Waals surface area contributed by atoms with Crippen molar-refractivity contribution in [1.29, 1.82) is 0 Å². The third-order valence-electron chi connectivity index (χ3n) is 5.35. The van der Waals surface area contributed by atoms with Crippen molar-refractivity contribution in [3.8, 4) is 16.9 Å². The summed E-state index contributed by atoms with van der Waals surface area (Å²) in [5.74, 6) is 0.414. The number of rotatable bonds is 6.